The summed E-state index contributed by atoms with van der Waals surface area (Å²) in [6.45, 7) is 6.32. The molecule has 0 saturated carbocycles. The summed E-state index contributed by atoms with van der Waals surface area (Å²) in [4.78, 5) is 47.2. The van der Waals surface area contributed by atoms with Crippen LogP contribution in [0.5, 0.6) is 17.5 Å². The molecule has 1 amide bonds. The van der Waals surface area contributed by atoms with Gasteiger partial charge in [0.25, 0.3) is 0 Å². The van der Waals surface area contributed by atoms with Crippen LogP contribution in [0.3, 0.4) is 0 Å². The Balaban J connectivity index is 0.905. The smallest absolute Gasteiger partial charge is 0.410 e. The number of pyridine rings is 1. The number of halogens is 3. The summed E-state index contributed by atoms with van der Waals surface area (Å²) in [6, 6.07) is 11.9. The summed E-state index contributed by atoms with van der Waals surface area (Å²) in [5.74, 6) is 1.17. The number of benzene rings is 3. The number of rotatable bonds is 21. The third-order valence-electron chi connectivity index (χ3n) is 15.5. The molecule has 3 unspecified atom stereocenters. The lowest BCUT2D eigenvalue weighted by Gasteiger charge is -2.41. The minimum atomic E-state index is -0.985. The van der Waals surface area contributed by atoms with Crippen molar-refractivity contribution in [2.75, 3.05) is 37.7 Å². The number of esters is 1. The highest BCUT2D eigenvalue weighted by molar-refractivity contribution is 6.03. The molecule has 0 spiro atoms. The number of phenols is 1. The van der Waals surface area contributed by atoms with E-state index in [0.717, 1.165) is 76.3 Å². The van der Waals surface area contributed by atoms with Gasteiger partial charge in [0, 0.05) is 43.2 Å². The number of phenolic OH excluding ortho intramolecular Hbond substituents is 1. The van der Waals surface area contributed by atoms with Crippen LogP contribution in [0.15, 0.2) is 54.7 Å². The van der Waals surface area contributed by atoms with E-state index in [1.54, 1.807) is 17.0 Å². The predicted octanol–water partition coefficient (Wildman–Crippen LogP) is 12.0. The molecule has 3 aromatic carbocycles. The van der Waals surface area contributed by atoms with Gasteiger partial charge in [-0.05, 0) is 86.4 Å². The monoisotopic (exact) mass is 989 g/mol. The van der Waals surface area contributed by atoms with E-state index >= 15 is 8.78 Å². The normalized spacial score (nSPS) is 21.0. The molecule has 72 heavy (non-hydrogen) atoms. The zero-order chi connectivity index (χ0) is 50.4. The number of carbonyl (C=O) groups is 2. The van der Waals surface area contributed by atoms with Crippen molar-refractivity contribution >= 4 is 39.6 Å². The Morgan fingerprint density at radius 1 is 0.917 bits per heavy atom. The number of nitrogens with zero attached hydrogens (tertiary/aromatic N) is 6. The minimum Gasteiger partial charge on any atom is -0.508 e. The van der Waals surface area contributed by atoms with Crippen LogP contribution in [-0.4, -0.2) is 98.5 Å². The maximum absolute atomic E-state index is 17.3. The number of terminal acetylenes is 1. The molecule has 382 valence electrons. The molecule has 5 atom stereocenters. The highest BCUT2D eigenvalue weighted by Gasteiger charge is 2.50. The predicted molar refractivity (Wildman–Crippen MR) is 272 cm³/mol. The summed E-state index contributed by atoms with van der Waals surface area (Å²) in [7, 11) is 0. The molecule has 0 radical (unpaired) electrons. The largest absolute Gasteiger partial charge is 0.508 e. The molecule has 5 aromatic rings. The molecule has 4 aliphatic rings. The number of hydrogen-bond acceptors (Lipinski definition) is 11. The minimum absolute atomic E-state index is 0.0291. The fraction of sp³-hybridized carbons (Fsp3) is 0.526. The van der Waals surface area contributed by atoms with Gasteiger partial charge in [0.15, 0.2) is 5.82 Å². The Labute approximate surface area is 420 Å². The number of carbonyl (C=O) groups excluding carboxylic acids is 2. The van der Waals surface area contributed by atoms with Crippen molar-refractivity contribution in [3.63, 3.8) is 0 Å². The first kappa shape index (κ1) is 50.8. The van der Waals surface area contributed by atoms with Crippen molar-refractivity contribution in [2.45, 2.75) is 153 Å². The zero-order valence-electron chi connectivity index (χ0n) is 41.7. The van der Waals surface area contributed by atoms with Crippen LogP contribution in [-0.2, 0) is 16.1 Å². The van der Waals surface area contributed by atoms with Gasteiger partial charge in [-0.15, -0.1) is 6.42 Å². The van der Waals surface area contributed by atoms with Crippen LogP contribution in [0.1, 0.15) is 134 Å². The van der Waals surface area contributed by atoms with Gasteiger partial charge < -0.3 is 24.2 Å². The average Bonchev–Trinajstić information content (AvgIpc) is 4.00. The molecule has 0 aliphatic carbocycles. The van der Waals surface area contributed by atoms with Gasteiger partial charge in [-0.25, -0.2) is 18.0 Å². The summed E-state index contributed by atoms with van der Waals surface area (Å²) in [5, 5.41) is 11.6. The summed E-state index contributed by atoms with van der Waals surface area (Å²) < 4.78 is 65.3. The molecule has 4 aliphatic heterocycles. The number of aromatic hydroxyl groups is 1. The lowest BCUT2D eigenvalue weighted by Crippen LogP contribution is -2.56. The summed E-state index contributed by atoms with van der Waals surface area (Å²) in [6.07, 6.45) is 22.3. The molecule has 2 bridgehead atoms. The van der Waals surface area contributed by atoms with Crippen molar-refractivity contribution in [3.8, 4) is 41.1 Å². The summed E-state index contributed by atoms with van der Waals surface area (Å²) >= 11 is 0. The van der Waals surface area contributed by atoms with E-state index in [-0.39, 0.29) is 82.1 Å². The van der Waals surface area contributed by atoms with Crippen molar-refractivity contribution in [3.05, 3.63) is 77.5 Å². The Kier molecular flexibility index (Phi) is 16.0. The molecule has 9 rings (SSSR count). The fourth-order valence-electron chi connectivity index (χ4n) is 11.7. The molecule has 12 nitrogen and oxygen atoms in total. The fourth-order valence-corrected chi connectivity index (χ4v) is 11.7. The highest BCUT2D eigenvalue weighted by atomic mass is 19.1. The first-order valence-corrected chi connectivity index (χ1v) is 26.3. The van der Waals surface area contributed by atoms with E-state index in [9.17, 15) is 19.1 Å². The van der Waals surface area contributed by atoms with Crippen LogP contribution >= 0.6 is 0 Å². The quantitative estimate of drug-likeness (QED) is 0.0326. The second-order valence-corrected chi connectivity index (χ2v) is 20.5. The number of fused-ring (bicyclic) bond motifs is 5. The number of unbranched alkanes of at least 4 members (excludes halogenated alkanes) is 8. The maximum Gasteiger partial charge on any atom is 0.410 e. The van der Waals surface area contributed by atoms with Gasteiger partial charge in [-0.3, -0.25) is 19.6 Å². The van der Waals surface area contributed by atoms with E-state index in [1.165, 1.54) is 56.1 Å². The van der Waals surface area contributed by atoms with Gasteiger partial charge >= 0.3 is 18.1 Å². The Hall–Kier alpha value is -6.14. The van der Waals surface area contributed by atoms with Crippen molar-refractivity contribution < 1.29 is 42.1 Å². The van der Waals surface area contributed by atoms with E-state index in [2.05, 4.69) is 34.6 Å². The molecule has 6 heterocycles. The second kappa shape index (κ2) is 22.7. The van der Waals surface area contributed by atoms with Crippen molar-refractivity contribution in [1.82, 2.24) is 24.8 Å². The highest BCUT2D eigenvalue weighted by Crippen LogP contribution is 2.43. The van der Waals surface area contributed by atoms with Gasteiger partial charge in [-0.1, -0.05) is 102 Å². The second-order valence-electron chi connectivity index (χ2n) is 20.5. The van der Waals surface area contributed by atoms with E-state index < -0.39 is 29.4 Å². The van der Waals surface area contributed by atoms with E-state index in [0.29, 0.717) is 55.9 Å². The average molecular weight is 989 g/mol. The van der Waals surface area contributed by atoms with Gasteiger partial charge in [0.2, 0.25) is 0 Å². The molecule has 2 aromatic heterocycles. The van der Waals surface area contributed by atoms with Crippen LogP contribution in [0.25, 0.3) is 32.9 Å². The number of aromatic nitrogens is 3. The first-order valence-electron chi connectivity index (χ1n) is 26.3. The maximum atomic E-state index is 17.3. The van der Waals surface area contributed by atoms with E-state index in [4.69, 9.17) is 25.6 Å². The van der Waals surface area contributed by atoms with Crippen LogP contribution < -0.4 is 14.4 Å². The zero-order valence-corrected chi connectivity index (χ0v) is 41.7. The third kappa shape index (κ3) is 10.9. The van der Waals surface area contributed by atoms with Crippen LogP contribution in [0.2, 0.25) is 0 Å². The number of alkyl halides is 1. The van der Waals surface area contributed by atoms with Crippen LogP contribution in [0.4, 0.5) is 23.8 Å². The lowest BCUT2D eigenvalue weighted by molar-refractivity contribution is -0.139. The summed E-state index contributed by atoms with van der Waals surface area (Å²) in [5.41, 5.74) is -0.111. The van der Waals surface area contributed by atoms with Gasteiger partial charge in [-0.2, -0.15) is 9.97 Å². The number of anilines is 1. The molecular weight excluding hydrogens is 922 g/mol. The van der Waals surface area contributed by atoms with Gasteiger partial charge in [0.1, 0.15) is 53.7 Å². The number of piperazine rings is 1. The van der Waals surface area contributed by atoms with Crippen LogP contribution in [0, 0.1) is 29.9 Å². The van der Waals surface area contributed by atoms with E-state index in [1.807, 2.05) is 17.0 Å². The molecule has 4 saturated heterocycles. The number of amides is 1. The molecular formula is C57H67F3N6O6. The Morgan fingerprint density at radius 2 is 1.62 bits per heavy atom. The number of hydrogen-bond donors (Lipinski definition) is 1. The van der Waals surface area contributed by atoms with Crippen molar-refractivity contribution in [1.29, 1.82) is 0 Å². The third-order valence-corrected chi connectivity index (χ3v) is 15.5. The molecule has 15 heteroatoms. The Bertz CT molecular complexity index is 2780. The van der Waals surface area contributed by atoms with Crippen molar-refractivity contribution in [2.24, 2.45) is 5.92 Å². The topological polar surface area (TPSA) is 130 Å². The SMILES string of the molecule is C#Cc1c(F)ccc2cc(O)cc(-c3ncc4c(N5CC6CCC(C5)N6C(=O)OCc5ccc(OC(=O)C(CCCCCC)CCCCCCCC)cc5)nc(OC[C@@]56CCCN5C[C@H](F)C6)nc4c3F)c12. The lowest BCUT2D eigenvalue weighted by atomic mass is 9.94. The Morgan fingerprint density at radius 3 is 2.35 bits per heavy atom. The molecule has 1 N–H and O–H groups in total. The standard InChI is InChI=1S/C57H67F3N6O6/c1-4-7-9-11-12-14-17-38(16-13-10-8-5-2)54(68)72-44-23-18-37(19-24-44)35-70-56(69)66-41-21-22-42(66)34-64(33-41)53-47-31-61-51(46-29-43(67)28-39-20-25-48(59)45(6-3)49(39)46)50(60)52(47)62-55(63-53)71-36-57-26-15-27-65(57)32-40(58)30-57/h3,18-20,23-25,28-29,31,38,40-42,67H,4-5,7-17,21-22,26-27,30,32-36H2,1-2H3/t38?,40-,41?,42?,57+/m1/s1. The first-order chi connectivity index (χ1) is 35.0. The van der Waals surface area contributed by atoms with Gasteiger partial charge in [0.05, 0.1) is 34.5 Å². The molecule has 4 fully saturated rings. The number of ether oxygens (including phenoxy) is 3.